The maximum Gasteiger partial charge on any atom is 0.162 e. The Morgan fingerprint density at radius 2 is 2.27 bits per heavy atom. The minimum absolute atomic E-state index is 0.0433. The lowest BCUT2D eigenvalue weighted by molar-refractivity contribution is -0.113. The van der Waals surface area contributed by atoms with Crippen molar-refractivity contribution in [3.63, 3.8) is 0 Å². The Balaban J connectivity index is 2.38. The normalized spacial score (nSPS) is 31.0. The first kappa shape index (κ1) is 11.2. The summed E-state index contributed by atoms with van der Waals surface area (Å²) < 4.78 is 0. The maximum absolute atomic E-state index is 11.4. The highest BCUT2D eigenvalue weighted by molar-refractivity contribution is 6.40. The molecule has 0 amide bonds. The van der Waals surface area contributed by atoms with Crippen LogP contribution in [0.4, 0.5) is 0 Å². The Kier molecular flexibility index (Phi) is 3.19. The summed E-state index contributed by atoms with van der Waals surface area (Å²) in [6, 6.07) is 0. The second kappa shape index (κ2) is 4.28. The minimum Gasteiger partial charge on any atom is -0.316 e. The van der Waals surface area contributed by atoms with Crippen LogP contribution in [-0.4, -0.2) is 18.9 Å². The van der Waals surface area contributed by atoms with Gasteiger partial charge in [0, 0.05) is 22.5 Å². The van der Waals surface area contributed by atoms with Crippen molar-refractivity contribution < 1.29 is 4.79 Å². The van der Waals surface area contributed by atoms with Crippen molar-refractivity contribution >= 4 is 29.0 Å². The summed E-state index contributed by atoms with van der Waals surface area (Å²) in [5.74, 6) is 0.564. The standard InChI is InChI=1S/C11H13Cl2NO/c1-6(15)10-9(12)4-7-5-14-3-2-8(7)11(10)13/h4,7-8,14H,2-3,5H2,1H3. The van der Waals surface area contributed by atoms with Crippen LogP contribution in [0.25, 0.3) is 0 Å². The van der Waals surface area contributed by atoms with Crippen LogP contribution in [0.2, 0.25) is 0 Å². The molecule has 2 nitrogen and oxygen atoms in total. The van der Waals surface area contributed by atoms with Gasteiger partial charge in [-0.2, -0.15) is 0 Å². The van der Waals surface area contributed by atoms with Crippen molar-refractivity contribution in [2.45, 2.75) is 13.3 Å². The quantitative estimate of drug-likeness (QED) is 0.769. The SMILES string of the molecule is CC(=O)C1=C(Cl)C2CCNCC2C=C1Cl. The lowest BCUT2D eigenvalue weighted by atomic mass is 9.80. The van der Waals surface area contributed by atoms with Gasteiger partial charge in [0.2, 0.25) is 0 Å². The fraction of sp³-hybridized carbons (Fsp3) is 0.545. The summed E-state index contributed by atoms with van der Waals surface area (Å²) in [7, 11) is 0. The molecule has 2 rings (SSSR count). The number of halogens is 2. The predicted molar refractivity (Wildman–Crippen MR) is 62.0 cm³/mol. The third-order valence-corrected chi connectivity index (χ3v) is 3.83. The van der Waals surface area contributed by atoms with E-state index in [-0.39, 0.29) is 11.7 Å². The Hall–Kier alpha value is -0.310. The molecular formula is C11H13Cl2NO. The van der Waals surface area contributed by atoms with Gasteiger partial charge in [-0.05, 0) is 25.8 Å². The van der Waals surface area contributed by atoms with E-state index in [0.29, 0.717) is 21.6 Å². The number of rotatable bonds is 1. The summed E-state index contributed by atoms with van der Waals surface area (Å²) in [6.45, 7) is 3.35. The van der Waals surface area contributed by atoms with Gasteiger partial charge in [-0.1, -0.05) is 29.3 Å². The van der Waals surface area contributed by atoms with E-state index < -0.39 is 0 Å². The Bertz CT molecular complexity index is 360. The molecule has 2 aliphatic rings. The zero-order valence-electron chi connectivity index (χ0n) is 8.52. The third kappa shape index (κ3) is 1.99. The van der Waals surface area contributed by atoms with Gasteiger partial charge in [0.1, 0.15) is 0 Å². The molecule has 1 heterocycles. The van der Waals surface area contributed by atoms with Gasteiger partial charge in [-0.15, -0.1) is 0 Å². The van der Waals surface area contributed by atoms with Gasteiger partial charge in [-0.25, -0.2) is 0 Å². The molecule has 1 aliphatic heterocycles. The minimum atomic E-state index is -0.0433. The van der Waals surface area contributed by atoms with E-state index in [9.17, 15) is 4.79 Å². The molecule has 2 unspecified atom stereocenters. The molecule has 1 fully saturated rings. The van der Waals surface area contributed by atoms with E-state index in [2.05, 4.69) is 5.32 Å². The molecular weight excluding hydrogens is 233 g/mol. The number of carbonyl (C=O) groups is 1. The van der Waals surface area contributed by atoms with E-state index in [4.69, 9.17) is 23.2 Å². The number of hydrogen-bond donors (Lipinski definition) is 1. The Morgan fingerprint density at radius 3 is 2.93 bits per heavy atom. The molecule has 0 aromatic heterocycles. The highest BCUT2D eigenvalue weighted by Gasteiger charge is 2.33. The van der Waals surface area contributed by atoms with Crippen molar-refractivity contribution in [1.82, 2.24) is 5.32 Å². The lowest BCUT2D eigenvalue weighted by Crippen LogP contribution is -2.37. The third-order valence-electron chi connectivity index (χ3n) is 3.04. The number of fused-ring (bicyclic) bond motifs is 1. The highest BCUT2D eigenvalue weighted by atomic mass is 35.5. The van der Waals surface area contributed by atoms with E-state index in [1.54, 1.807) is 0 Å². The molecule has 0 saturated carbocycles. The molecule has 0 bridgehead atoms. The summed E-state index contributed by atoms with van der Waals surface area (Å²) in [6.07, 6.45) is 2.93. The summed E-state index contributed by atoms with van der Waals surface area (Å²) >= 11 is 12.3. The molecule has 1 N–H and O–H groups in total. The summed E-state index contributed by atoms with van der Waals surface area (Å²) in [5.41, 5.74) is 0.515. The van der Waals surface area contributed by atoms with Gasteiger partial charge in [0.05, 0.1) is 5.57 Å². The van der Waals surface area contributed by atoms with Gasteiger partial charge >= 0.3 is 0 Å². The molecule has 0 radical (unpaired) electrons. The molecule has 1 saturated heterocycles. The zero-order chi connectivity index (χ0) is 11.0. The zero-order valence-corrected chi connectivity index (χ0v) is 10.0. The van der Waals surface area contributed by atoms with E-state index in [1.807, 2.05) is 6.08 Å². The van der Waals surface area contributed by atoms with Crippen molar-refractivity contribution in [3.8, 4) is 0 Å². The molecule has 15 heavy (non-hydrogen) atoms. The lowest BCUT2D eigenvalue weighted by Gasteiger charge is -2.34. The van der Waals surface area contributed by atoms with Crippen LogP contribution in [0.3, 0.4) is 0 Å². The summed E-state index contributed by atoms with van der Waals surface area (Å²) in [5, 5.41) is 4.47. The number of Topliss-reactive ketones (excluding diaryl/α,β-unsaturated/α-hetero) is 1. The number of carbonyl (C=O) groups excluding carboxylic acids is 1. The smallest absolute Gasteiger partial charge is 0.162 e. The first-order chi connectivity index (χ1) is 7.11. The van der Waals surface area contributed by atoms with Crippen molar-refractivity contribution in [2.75, 3.05) is 13.1 Å². The molecule has 2 atom stereocenters. The largest absolute Gasteiger partial charge is 0.316 e. The van der Waals surface area contributed by atoms with Crippen LogP contribution in [0.5, 0.6) is 0 Å². The number of piperidine rings is 1. The van der Waals surface area contributed by atoms with Crippen molar-refractivity contribution in [1.29, 1.82) is 0 Å². The van der Waals surface area contributed by atoms with E-state index in [0.717, 1.165) is 19.5 Å². The molecule has 0 aromatic carbocycles. The first-order valence-electron chi connectivity index (χ1n) is 5.10. The van der Waals surface area contributed by atoms with Crippen molar-refractivity contribution in [3.05, 3.63) is 21.7 Å². The molecule has 1 aliphatic carbocycles. The number of nitrogens with one attached hydrogen (secondary N) is 1. The van der Waals surface area contributed by atoms with Crippen LogP contribution in [0.1, 0.15) is 13.3 Å². The Labute approximate surface area is 99.3 Å². The maximum atomic E-state index is 11.4. The van der Waals surface area contributed by atoms with Crippen molar-refractivity contribution in [2.24, 2.45) is 11.8 Å². The van der Waals surface area contributed by atoms with Crippen LogP contribution >= 0.6 is 23.2 Å². The molecule has 0 spiro atoms. The summed E-state index contributed by atoms with van der Waals surface area (Å²) in [4.78, 5) is 11.4. The van der Waals surface area contributed by atoms with Crippen LogP contribution < -0.4 is 5.32 Å². The van der Waals surface area contributed by atoms with E-state index in [1.165, 1.54) is 6.92 Å². The Morgan fingerprint density at radius 1 is 1.53 bits per heavy atom. The molecule has 4 heteroatoms. The van der Waals surface area contributed by atoms with Gasteiger partial charge in [0.15, 0.2) is 5.78 Å². The topological polar surface area (TPSA) is 29.1 Å². The second-order valence-corrected chi connectivity index (χ2v) is 4.87. The second-order valence-electron chi connectivity index (χ2n) is 4.06. The predicted octanol–water partition coefficient (Wildman–Crippen LogP) is 2.43. The fourth-order valence-electron chi connectivity index (χ4n) is 2.28. The van der Waals surface area contributed by atoms with E-state index >= 15 is 0 Å². The first-order valence-corrected chi connectivity index (χ1v) is 5.86. The van der Waals surface area contributed by atoms with Crippen LogP contribution in [0.15, 0.2) is 21.7 Å². The number of ketones is 1. The fourth-order valence-corrected chi connectivity index (χ4v) is 3.23. The van der Waals surface area contributed by atoms with Gasteiger partial charge < -0.3 is 5.32 Å². The monoisotopic (exact) mass is 245 g/mol. The average Bonchev–Trinajstić information content (AvgIpc) is 2.17. The van der Waals surface area contributed by atoms with Gasteiger partial charge in [-0.3, -0.25) is 4.79 Å². The number of allylic oxidation sites excluding steroid dienone is 3. The molecule has 0 aromatic rings. The highest BCUT2D eigenvalue weighted by Crippen LogP contribution is 2.40. The van der Waals surface area contributed by atoms with Crippen LogP contribution in [-0.2, 0) is 4.79 Å². The molecule has 82 valence electrons. The van der Waals surface area contributed by atoms with Crippen LogP contribution in [0, 0.1) is 11.8 Å². The number of hydrogen-bond acceptors (Lipinski definition) is 2. The van der Waals surface area contributed by atoms with Gasteiger partial charge in [0.25, 0.3) is 0 Å². The average molecular weight is 246 g/mol.